The molecule has 0 saturated heterocycles. The molecule has 1 amide bonds. The zero-order valence-electron chi connectivity index (χ0n) is 12.4. The molecule has 0 radical (unpaired) electrons. The van der Waals surface area contributed by atoms with E-state index < -0.39 is 23.4 Å². The van der Waals surface area contributed by atoms with E-state index in [0.29, 0.717) is 5.01 Å². The minimum Gasteiger partial charge on any atom is -0.442 e. The summed E-state index contributed by atoms with van der Waals surface area (Å²) in [5.41, 5.74) is -1.26. The van der Waals surface area contributed by atoms with E-state index in [-0.39, 0.29) is 17.7 Å². The number of carbonyl (C=O) groups is 1. The van der Waals surface area contributed by atoms with Crippen molar-refractivity contribution < 1.29 is 22.7 Å². The van der Waals surface area contributed by atoms with Crippen molar-refractivity contribution in [3.05, 3.63) is 29.3 Å². The molecule has 2 N–H and O–H groups in total. The number of nitrogens with two attached hydrogens (primary N) is 1. The third kappa shape index (κ3) is 4.63. The highest BCUT2D eigenvalue weighted by Crippen LogP contribution is 2.34. The Hall–Kier alpha value is -1.76. The maximum absolute atomic E-state index is 12.8. The van der Waals surface area contributed by atoms with Gasteiger partial charge in [-0.25, -0.2) is 15.6 Å². The SMILES string of the molecule is CCc1cc(N(N)C(=O)OC(C)(C)C)ccc1C(F)(F)F. The van der Waals surface area contributed by atoms with Crippen LogP contribution in [0.25, 0.3) is 0 Å². The van der Waals surface area contributed by atoms with Crippen molar-refractivity contribution in [1.29, 1.82) is 0 Å². The highest BCUT2D eigenvalue weighted by atomic mass is 19.4. The molecule has 0 spiro atoms. The molecule has 0 saturated carbocycles. The quantitative estimate of drug-likeness (QED) is 0.512. The molecule has 0 heterocycles. The predicted molar refractivity (Wildman–Crippen MR) is 73.7 cm³/mol. The van der Waals surface area contributed by atoms with Gasteiger partial charge in [-0.1, -0.05) is 6.92 Å². The second-order valence-electron chi connectivity index (χ2n) is 5.54. The van der Waals surface area contributed by atoms with Crippen LogP contribution < -0.4 is 10.9 Å². The summed E-state index contributed by atoms with van der Waals surface area (Å²) < 4.78 is 43.5. The van der Waals surface area contributed by atoms with Gasteiger partial charge in [0.05, 0.1) is 11.3 Å². The van der Waals surface area contributed by atoms with Crippen LogP contribution in [-0.2, 0) is 17.3 Å². The van der Waals surface area contributed by atoms with Crippen LogP contribution in [0.2, 0.25) is 0 Å². The van der Waals surface area contributed by atoms with Gasteiger partial charge in [-0.15, -0.1) is 0 Å². The Morgan fingerprint density at radius 2 is 1.86 bits per heavy atom. The Morgan fingerprint density at radius 1 is 1.29 bits per heavy atom. The molecule has 7 heteroatoms. The van der Waals surface area contributed by atoms with Crippen molar-refractivity contribution in [2.24, 2.45) is 5.84 Å². The summed E-state index contributed by atoms with van der Waals surface area (Å²) in [6.07, 6.45) is -5.09. The molecule has 1 aromatic carbocycles. The van der Waals surface area contributed by atoms with Crippen molar-refractivity contribution >= 4 is 11.8 Å². The van der Waals surface area contributed by atoms with Gasteiger partial charge in [0.25, 0.3) is 0 Å². The van der Waals surface area contributed by atoms with Crippen LogP contribution in [0, 0.1) is 0 Å². The highest BCUT2D eigenvalue weighted by Gasteiger charge is 2.33. The smallest absolute Gasteiger partial charge is 0.429 e. The Balaban J connectivity index is 3.07. The second kappa shape index (κ2) is 5.93. The molecule has 1 aromatic rings. The molecule has 4 nitrogen and oxygen atoms in total. The second-order valence-corrected chi connectivity index (χ2v) is 5.54. The molecule has 0 aliphatic rings. The topological polar surface area (TPSA) is 55.6 Å². The normalized spacial score (nSPS) is 12.2. The molecular formula is C14H19F3N2O2. The van der Waals surface area contributed by atoms with Crippen LogP contribution in [0.1, 0.15) is 38.8 Å². The number of hydrazine groups is 1. The first-order chi connectivity index (χ1) is 9.45. The summed E-state index contributed by atoms with van der Waals surface area (Å²) in [6, 6.07) is 3.30. The molecular weight excluding hydrogens is 285 g/mol. The van der Waals surface area contributed by atoms with Crippen molar-refractivity contribution in [2.75, 3.05) is 5.01 Å². The van der Waals surface area contributed by atoms with Gasteiger partial charge in [0.2, 0.25) is 0 Å². The molecule has 21 heavy (non-hydrogen) atoms. The lowest BCUT2D eigenvalue weighted by Gasteiger charge is -2.25. The van der Waals surface area contributed by atoms with Crippen molar-refractivity contribution in [3.63, 3.8) is 0 Å². The maximum Gasteiger partial charge on any atom is 0.429 e. The van der Waals surface area contributed by atoms with Gasteiger partial charge in [-0.3, -0.25) is 0 Å². The number of halogens is 3. The lowest BCUT2D eigenvalue weighted by Crippen LogP contribution is -2.41. The Labute approximate surface area is 121 Å². The van der Waals surface area contributed by atoms with Crippen LogP contribution in [0.15, 0.2) is 18.2 Å². The fraction of sp³-hybridized carbons (Fsp3) is 0.500. The number of aryl methyl sites for hydroxylation is 1. The van der Waals surface area contributed by atoms with Gasteiger partial charge in [-0.2, -0.15) is 13.2 Å². The van der Waals surface area contributed by atoms with Gasteiger partial charge in [0, 0.05) is 0 Å². The number of nitrogens with zero attached hydrogens (tertiary/aromatic N) is 1. The molecule has 0 aromatic heterocycles. The van der Waals surface area contributed by atoms with E-state index in [9.17, 15) is 18.0 Å². The number of amides is 1. The van der Waals surface area contributed by atoms with E-state index in [1.807, 2.05) is 0 Å². The highest BCUT2D eigenvalue weighted by molar-refractivity contribution is 5.86. The number of ether oxygens (including phenoxy) is 1. The number of carbonyl (C=O) groups excluding carboxylic acids is 1. The minimum absolute atomic E-state index is 0.0685. The summed E-state index contributed by atoms with van der Waals surface area (Å²) in [5, 5.41) is 0.699. The fourth-order valence-corrected chi connectivity index (χ4v) is 1.72. The lowest BCUT2D eigenvalue weighted by atomic mass is 10.0. The molecule has 0 atom stereocenters. The number of hydrogen-bond acceptors (Lipinski definition) is 3. The molecule has 0 fully saturated rings. The Morgan fingerprint density at radius 3 is 2.29 bits per heavy atom. The van der Waals surface area contributed by atoms with Gasteiger partial charge in [-0.05, 0) is 51.0 Å². The third-order valence-electron chi connectivity index (χ3n) is 2.64. The number of rotatable bonds is 2. The van der Waals surface area contributed by atoms with Gasteiger partial charge < -0.3 is 4.74 Å². The zero-order valence-corrected chi connectivity index (χ0v) is 12.4. The van der Waals surface area contributed by atoms with Crippen LogP contribution >= 0.6 is 0 Å². The lowest BCUT2D eigenvalue weighted by molar-refractivity contribution is -0.138. The van der Waals surface area contributed by atoms with E-state index in [4.69, 9.17) is 10.6 Å². The van der Waals surface area contributed by atoms with Crippen LogP contribution in [0.3, 0.4) is 0 Å². The number of benzene rings is 1. The van der Waals surface area contributed by atoms with Crippen molar-refractivity contribution in [2.45, 2.75) is 45.9 Å². The van der Waals surface area contributed by atoms with Crippen LogP contribution in [0.5, 0.6) is 0 Å². The monoisotopic (exact) mass is 304 g/mol. The van der Waals surface area contributed by atoms with Gasteiger partial charge in [0.15, 0.2) is 0 Å². The van der Waals surface area contributed by atoms with E-state index in [0.717, 1.165) is 12.1 Å². The first-order valence-corrected chi connectivity index (χ1v) is 6.43. The average molecular weight is 304 g/mol. The van der Waals surface area contributed by atoms with Crippen LogP contribution in [0.4, 0.5) is 23.7 Å². The Kier molecular flexibility index (Phi) is 4.88. The van der Waals surface area contributed by atoms with Crippen molar-refractivity contribution in [3.8, 4) is 0 Å². The minimum atomic E-state index is -4.44. The maximum atomic E-state index is 12.8. The summed E-state index contributed by atoms with van der Waals surface area (Å²) >= 11 is 0. The van der Waals surface area contributed by atoms with E-state index in [1.54, 1.807) is 27.7 Å². The van der Waals surface area contributed by atoms with E-state index in [1.165, 1.54) is 6.07 Å². The predicted octanol–water partition coefficient (Wildman–Crippen LogP) is 3.88. The molecule has 1 rings (SSSR count). The van der Waals surface area contributed by atoms with Gasteiger partial charge in [0.1, 0.15) is 5.60 Å². The van der Waals surface area contributed by atoms with Crippen LogP contribution in [-0.4, -0.2) is 11.7 Å². The number of hydrogen-bond donors (Lipinski definition) is 1. The Bertz CT molecular complexity index is 522. The fourth-order valence-electron chi connectivity index (χ4n) is 1.72. The third-order valence-corrected chi connectivity index (χ3v) is 2.64. The average Bonchev–Trinajstić information content (AvgIpc) is 2.33. The number of anilines is 1. The molecule has 0 aliphatic heterocycles. The largest absolute Gasteiger partial charge is 0.442 e. The van der Waals surface area contributed by atoms with E-state index >= 15 is 0 Å². The first-order valence-electron chi connectivity index (χ1n) is 6.43. The first kappa shape index (κ1) is 17.3. The van der Waals surface area contributed by atoms with Crippen molar-refractivity contribution in [1.82, 2.24) is 0 Å². The zero-order chi connectivity index (χ0) is 16.4. The molecule has 0 unspecified atom stereocenters. The summed E-state index contributed by atoms with van der Waals surface area (Å²) in [5.74, 6) is 5.61. The molecule has 0 aliphatic carbocycles. The number of alkyl halides is 3. The standard InChI is InChI=1S/C14H19F3N2O2/c1-5-9-8-10(6-7-11(9)14(15,16)17)19(18)12(20)21-13(2,3)4/h6-8H,5,18H2,1-4H3. The summed E-state index contributed by atoms with van der Waals surface area (Å²) in [7, 11) is 0. The molecule has 0 bridgehead atoms. The summed E-state index contributed by atoms with van der Waals surface area (Å²) in [4.78, 5) is 11.8. The van der Waals surface area contributed by atoms with Gasteiger partial charge >= 0.3 is 12.3 Å². The summed E-state index contributed by atoms with van der Waals surface area (Å²) in [6.45, 7) is 6.61. The molecule has 118 valence electrons. The van der Waals surface area contributed by atoms with E-state index in [2.05, 4.69) is 0 Å².